The van der Waals surface area contributed by atoms with E-state index in [0.29, 0.717) is 18.1 Å². The number of nitrogens with one attached hydrogen (secondary N) is 2. The molecular weight excluding hydrogens is 266 g/mol. The molecule has 1 saturated heterocycles. The van der Waals surface area contributed by atoms with E-state index in [2.05, 4.69) is 41.4 Å². The van der Waals surface area contributed by atoms with Crippen LogP contribution in [0.1, 0.15) is 45.0 Å². The molecule has 2 heterocycles. The number of rotatable bonds is 2. The van der Waals surface area contributed by atoms with Gasteiger partial charge in [0, 0.05) is 12.1 Å². The van der Waals surface area contributed by atoms with Crippen molar-refractivity contribution in [1.29, 1.82) is 5.26 Å². The third-order valence-corrected chi connectivity index (χ3v) is 3.62. The van der Waals surface area contributed by atoms with Crippen molar-refractivity contribution in [1.82, 2.24) is 15.3 Å². The number of nitrogens with zero attached hydrogens (tertiary/aromatic N) is 3. The van der Waals surface area contributed by atoms with E-state index in [1.807, 2.05) is 13.0 Å². The van der Waals surface area contributed by atoms with Crippen molar-refractivity contribution in [2.45, 2.75) is 52.6 Å². The standard InChI is InChI=1S/C15H21N5O/c1-9-7-10(8-16)18-14(17-9)19-11-5-6-12(21)20-13(11)15(2,3)4/h7,11,13H,5-6H2,1-4H3,(H,20,21)(H,17,18,19)/t11-,13-/m1/s1. The van der Waals surface area contributed by atoms with Crippen LogP contribution in [0.15, 0.2) is 6.07 Å². The average Bonchev–Trinajstić information content (AvgIpc) is 2.39. The molecule has 6 heteroatoms. The lowest BCUT2D eigenvalue weighted by Gasteiger charge is -2.41. The summed E-state index contributed by atoms with van der Waals surface area (Å²) in [4.78, 5) is 20.2. The summed E-state index contributed by atoms with van der Waals surface area (Å²) in [5, 5.41) is 15.3. The van der Waals surface area contributed by atoms with Gasteiger partial charge >= 0.3 is 0 Å². The fourth-order valence-corrected chi connectivity index (χ4v) is 2.63. The average molecular weight is 287 g/mol. The molecule has 1 aromatic rings. The maximum absolute atomic E-state index is 11.7. The van der Waals surface area contributed by atoms with Gasteiger partial charge in [0.15, 0.2) is 0 Å². The maximum Gasteiger partial charge on any atom is 0.224 e. The highest BCUT2D eigenvalue weighted by Gasteiger charge is 2.37. The minimum absolute atomic E-state index is 0.00611. The third kappa shape index (κ3) is 3.69. The molecule has 1 aromatic heterocycles. The smallest absolute Gasteiger partial charge is 0.224 e. The molecule has 1 fully saturated rings. The number of hydrogen-bond donors (Lipinski definition) is 2. The number of piperidine rings is 1. The van der Waals surface area contributed by atoms with Crippen molar-refractivity contribution in [2.75, 3.05) is 5.32 Å². The molecule has 21 heavy (non-hydrogen) atoms. The number of amides is 1. The molecule has 0 aliphatic carbocycles. The molecule has 0 unspecified atom stereocenters. The van der Waals surface area contributed by atoms with Gasteiger partial charge in [-0.05, 0) is 24.8 Å². The Morgan fingerprint density at radius 3 is 2.76 bits per heavy atom. The first kappa shape index (κ1) is 15.2. The Labute approximate surface area is 125 Å². The lowest BCUT2D eigenvalue weighted by atomic mass is 9.79. The number of carbonyl (C=O) groups excluding carboxylic acids is 1. The molecular formula is C15H21N5O. The molecule has 2 rings (SSSR count). The highest BCUT2D eigenvalue weighted by molar-refractivity contribution is 5.77. The summed E-state index contributed by atoms with van der Waals surface area (Å²) in [5.41, 5.74) is 1.02. The number of hydrogen-bond acceptors (Lipinski definition) is 5. The van der Waals surface area contributed by atoms with E-state index in [9.17, 15) is 4.79 Å². The van der Waals surface area contributed by atoms with E-state index < -0.39 is 0 Å². The van der Waals surface area contributed by atoms with Gasteiger partial charge in [0.1, 0.15) is 11.8 Å². The fourth-order valence-electron chi connectivity index (χ4n) is 2.63. The van der Waals surface area contributed by atoms with Gasteiger partial charge in [0.25, 0.3) is 0 Å². The van der Waals surface area contributed by atoms with Crippen LogP contribution >= 0.6 is 0 Å². The zero-order valence-corrected chi connectivity index (χ0v) is 12.9. The second-order valence-corrected chi connectivity index (χ2v) is 6.53. The Balaban J connectivity index is 2.22. The number of nitriles is 1. The number of aryl methyl sites for hydroxylation is 1. The third-order valence-electron chi connectivity index (χ3n) is 3.62. The van der Waals surface area contributed by atoms with Crippen LogP contribution in [0, 0.1) is 23.7 Å². The maximum atomic E-state index is 11.7. The molecule has 0 spiro atoms. The van der Waals surface area contributed by atoms with Crippen LogP contribution < -0.4 is 10.6 Å². The summed E-state index contributed by atoms with van der Waals surface area (Å²) in [7, 11) is 0. The Kier molecular flexibility index (Phi) is 4.12. The Morgan fingerprint density at radius 2 is 2.14 bits per heavy atom. The molecule has 2 atom stereocenters. The van der Waals surface area contributed by atoms with Crippen LogP contribution in [0.25, 0.3) is 0 Å². The first-order valence-electron chi connectivity index (χ1n) is 7.11. The van der Waals surface area contributed by atoms with E-state index in [0.717, 1.165) is 12.1 Å². The molecule has 1 amide bonds. The number of carbonyl (C=O) groups is 1. The predicted octanol–water partition coefficient (Wildman–Crippen LogP) is 1.76. The van der Waals surface area contributed by atoms with E-state index >= 15 is 0 Å². The van der Waals surface area contributed by atoms with Crippen LogP contribution in [0.4, 0.5) is 5.95 Å². The van der Waals surface area contributed by atoms with Crippen molar-refractivity contribution in [3.63, 3.8) is 0 Å². The monoisotopic (exact) mass is 287 g/mol. The molecule has 6 nitrogen and oxygen atoms in total. The van der Waals surface area contributed by atoms with Gasteiger partial charge in [-0.1, -0.05) is 20.8 Å². The minimum Gasteiger partial charge on any atom is -0.351 e. The first-order valence-corrected chi connectivity index (χ1v) is 7.11. The second kappa shape index (κ2) is 5.68. The largest absolute Gasteiger partial charge is 0.351 e. The van der Waals surface area contributed by atoms with Gasteiger partial charge in [-0.15, -0.1) is 0 Å². The molecule has 1 aliphatic rings. The molecule has 0 radical (unpaired) electrons. The van der Waals surface area contributed by atoms with Crippen molar-refractivity contribution >= 4 is 11.9 Å². The SMILES string of the molecule is Cc1cc(C#N)nc(N[C@@H]2CCC(=O)N[C@H]2C(C)(C)C)n1. The van der Waals surface area contributed by atoms with Crippen molar-refractivity contribution < 1.29 is 4.79 Å². The summed E-state index contributed by atoms with van der Waals surface area (Å²) in [6.07, 6.45) is 1.22. The Morgan fingerprint density at radius 1 is 1.43 bits per heavy atom. The van der Waals surface area contributed by atoms with Crippen molar-refractivity contribution in [3.05, 3.63) is 17.5 Å². The van der Waals surface area contributed by atoms with E-state index in [-0.39, 0.29) is 23.4 Å². The van der Waals surface area contributed by atoms with Gasteiger partial charge in [-0.3, -0.25) is 4.79 Å². The Bertz CT molecular complexity index is 585. The van der Waals surface area contributed by atoms with Crippen molar-refractivity contribution in [2.24, 2.45) is 5.41 Å². The van der Waals surface area contributed by atoms with Crippen LogP contribution in [0.5, 0.6) is 0 Å². The molecule has 112 valence electrons. The van der Waals surface area contributed by atoms with Gasteiger partial charge in [0.05, 0.1) is 12.1 Å². The summed E-state index contributed by atoms with van der Waals surface area (Å²) in [5.74, 6) is 0.526. The number of aromatic nitrogens is 2. The predicted molar refractivity (Wildman–Crippen MR) is 79.5 cm³/mol. The molecule has 0 aromatic carbocycles. The Hall–Kier alpha value is -2.16. The fraction of sp³-hybridized carbons (Fsp3) is 0.600. The van der Waals surface area contributed by atoms with E-state index in [4.69, 9.17) is 5.26 Å². The zero-order chi connectivity index (χ0) is 15.6. The van der Waals surface area contributed by atoms with Gasteiger partial charge < -0.3 is 10.6 Å². The van der Waals surface area contributed by atoms with Crippen molar-refractivity contribution in [3.8, 4) is 6.07 Å². The zero-order valence-electron chi connectivity index (χ0n) is 12.9. The van der Waals surface area contributed by atoms with E-state index in [1.165, 1.54) is 0 Å². The lowest BCUT2D eigenvalue weighted by molar-refractivity contribution is -0.124. The van der Waals surface area contributed by atoms with Gasteiger partial charge in [0.2, 0.25) is 11.9 Å². The van der Waals surface area contributed by atoms with Gasteiger partial charge in [-0.2, -0.15) is 5.26 Å². The molecule has 0 saturated carbocycles. The molecule has 0 bridgehead atoms. The van der Waals surface area contributed by atoms with Gasteiger partial charge in [-0.25, -0.2) is 9.97 Å². The highest BCUT2D eigenvalue weighted by Crippen LogP contribution is 2.28. The number of anilines is 1. The van der Waals surface area contributed by atoms with Crippen LogP contribution in [-0.4, -0.2) is 28.0 Å². The lowest BCUT2D eigenvalue weighted by Crippen LogP contribution is -2.57. The summed E-state index contributed by atoms with van der Waals surface area (Å²) >= 11 is 0. The summed E-state index contributed by atoms with van der Waals surface area (Å²) < 4.78 is 0. The second-order valence-electron chi connectivity index (χ2n) is 6.53. The van der Waals surface area contributed by atoms with Crippen LogP contribution in [0.3, 0.4) is 0 Å². The summed E-state index contributed by atoms with van der Waals surface area (Å²) in [6, 6.07) is 3.73. The van der Waals surface area contributed by atoms with E-state index in [1.54, 1.807) is 6.07 Å². The minimum atomic E-state index is -0.0738. The quantitative estimate of drug-likeness (QED) is 0.865. The molecule has 1 aliphatic heterocycles. The highest BCUT2D eigenvalue weighted by atomic mass is 16.1. The van der Waals surface area contributed by atoms with Crippen LogP contribution in [0.2, 0.25) is 0 Å². The first-order chi connectivity index (χ1) is 9.79. The normalized spacial score (nSPS) is 22.3. The topological polar surface area (TPSA) is 90.7 Å². The summed E-state index contributed by atoms with van der Waals surface area (Å²) in [6.45, 7) is 8.11. The molecule has 2 N–H and O–H groups in total. The van der Waals surface area contributed by atoms with Crippen LogP contribution in [-0.2, 0) is 4.79 Å².